The molecule has 5 nitrogen and oxygen atoms in total. The van der Waals surface area contributed by atoms with Crippen LogP contribution < -0.4 is 0 Å². The van der Waals surface area contributed by atoms with E-state index in [1.807, 2.05) is 0 Å². The van der Waals surface area contributed by atoms with Crippen LogP contribution >= 0.6 is 0 Å². The molecule has 1 rings (SSSR count). The second-order valence-electron chi connectivity index (χ2n) is 4.52. The maximum Gasteiger partial charge on any atom is 0.304 e. The van der Waals surface area contributed by atoms with E-state index in [1.54, 1.807) is 6.92 Å². The molecule has 0 aliphatic carbocycles. The lowest BCUT2D eigenvalue weighted by Crippen LogP contribution is -2.39. The van der Waals surface area contributed by atoms with Gasteiger partial charge in [0, 0.05) is 18.2 Å². The summed E-state index contributed by atoms with van der Waals surface area (Å²) < 4.78 is 50.8. The fourth-order valence-electron chi connectivity index (χ4n) is 1.99. The first-order valence-corrected chi connectivity index (χ1v) is 7.75. The Morgan fingerprint density at radius 1 is 1.29 bits per heavy atom. The van der Waals surface area contributed by atoms with Crippen LogP contribution in [0, 0.1) is 0 Å². The summed E-state index contributed by atoms with van der Waals surface area (Å²) in [6, 6.07) is 3.58. The predicted molar refractivity (Wildman–Crippen MR) is 72.7 cm³/mol. The number of hydrogen-bond donors (Lipinski definition) is 1. The van der Waals surface area contributed by atoms with Crippen LogP contribution in [0.4, 0.5) is 8.78 Å². The van der Waals surface area contributed by atoms with E-state index in [1.165, 1.54) is 6.92 Å². The van der Waals surface area contributed by atoms with Crippen molar-refractivity contribution in [2.24, 2.45) is 0 Å². The van der Waals surface area contributed by atoms with Crippen LogP contribution in [0.3, 0.4) is 0 Å². The Labute approximate surface area is 122 Å². The molecule has 0 fully saturated rings. The zero-order chi connectivity index (χ0) is 16.2. The van der Waals surface area contributed by atoms with Crippen molar-refractivity contribution < 1.29 is 27.1 Å². The number of sulfonamides is 1. The molecule has 1 atom stereocenters. The molecule has 0 spiro atoms. The Balaban J connectivity index is 3.09. The number of benzene rings is 1. The molecule has 1 aromatic rings. The molecule has 0 aliphatic heterocycles. The van der Waals surface area contributed by atoms with Crippen molar-refractivity contribution in [2.45, 2.75) is 37.6 Å². The van der Waals surface area contributed by atoms with Crippen molar-refractivity contribution in [1.82, 2.24) is 4.31 Å². The summed E-state index contributed by atoms with van der Waals surface area (Å²) in [5.74, 6) is -1.11. The first kappa shape index (κ1) is 17.5. The molecule has 0 saturated carbocycles. The topological polar surface area (TPSA) is 74.7 Å². The highest BCUT2D eigenvalue weighted by molar-refractivity contribution is 7.89. The van der Waals surface area contributed by atoms with Crippen LogP contribution in [-0.4, -0.2) is 36.4 Å². The highest BCUT2D eigenvalue weighted by Gasteiger charge is 2.29. The third-order valence-electron chi connectivity index (χ3n) is 3.01. The summed E-state index contributed by atoms with van der Waals surface area (Å²) in [6.45, 7) is 3.17. The number of aliphatic carboxylic acids is 1. The molecule has 1 aromatic carbocycles. The Bertz CT molecular complexity index is 587. The van der Waals surface area contributed by atoms with E-state index in [-0.39, 0.29) is 23.4 Å². The molecule has 0 aromatic heterocycles. The molecule has 0 aliphatic rings. The Morgan fingerprint density at radius 2 is 1.81 bits per heavy atom. The van der Waals surface area contributed by atoms with Gasteiger partial charge in [-0.15, -0.1) is 0 Å². The fourth-order valence-corrected chi connectivity index (χ4v) is 3.63. The van der Waals surface area contributed by atoms with Gasteiger partial charge in [0.15, 0.2) is 0 Å². The first-order chi connectivity index (χ1) is 9.70. The quantitative estimate of drug-likeness (QED) is 0.837. The zero-order valence-electron chi connectivity index (χ0n) is 11.7. The summed E-state index contributed by atoms with van der Waals surface area (Å²) in [7, 11) is -3.91. The lowest BCUT2D eigenvalue weighted by molar-refractivity contribution is -0.137. The van der Waals surface area contributed by atoms with Gasteiger partial charge < -0.3 is 5.11 Å². The van der Waals surface area contributed by atoms with Gasteiger partial charge in [-0.3, -0.25) is 4.79 Å². The normalized spacial score (nSPS) is 13.6. The number of hydrogen-bond acceptors (Lipinski definition) is 3. The standard InChI is InChI=1S/C13H17F2NO4S/c1-3-16(9(2)8-12(17)18)21(19,20)11-6-4-10(5-7-11)13(14)15/h4-7,9,13H,3,8H2,1-2H3,(H,17,18). The van der Waals surface area contributed by atoms with Gasteiger partial charge >= 0.3 is 5.97 Å². The maximum atomic E-state index is 12.5. The Morgan fingerprint density at radius 3 is 2.19 bits per heavy atom. The lowest BCUT2D eigenvalue weighted by Gasteiger charge is -2.26. The minimum atomic E-state index is -3.91. The van der Waals surface area contributed by atoms with Crippen LogP contribution in [-0.2, 0) is 14.8 Å². The summed E-state index contributed by atoms with van der Waals surface area (Å²) in [5.41, 5.74) is -0.268. The van der Waals surface area contributed by atoms with Crippen molar-refractivity contribution >= 4 is 16.0 Å². The summed E-state index contributed by atoms with van der Waals surface area (Å²) in [6.07, 6.45) is -3.00. The third-order valence-corrected chi connectivity index (χ3v) is 5.12. The monoisotopic (exact) mass is 321 g/mol. The van der Waals surface area contributed by atoms with E-state index < -0.39 is 28.5 Å². The summed E-state index contributed by atoms with van der Waals surface area (Å²) in [5, 5.41) is 8.76. The molecule has 0 amide bonds. The highest BCUT2D eigenvalue weighted by Crippen LogP contribution is 2.23. The molecular weight excluding hydrogens is 304 g/mol. The van der Waals surface area contributed by atoms with Gasteiger partial charge in [0.05, 0.1) is 11.3 Å². The van der Waals surface area contributed by atoms with Gasteiger partial charge in [-0.1, -0.05) is 19.1 Å². The number of carbonyl (C=O) groups is 1. The van der Waals surface area contributed by atoms with Crippen molar-refractivity contribution in [2.75, 3.05) is 6.54 Å². The van der Waals surface area contributed by atoms with E-state index in [0.717, 1.165) is 28.6 Å². The largest absolute Gasteiger partial charge is 0.481 e. The number of halogens is 2. The van der Waals surface area contributed by atoms with E-state index in [9.17, 15) is 22.0 Å². The number of rotatable bonds is 7. The van der Waals surface area contributed by atoms with E-state index in [2.05, 4.69) is 0 Å². The van der Waals surface area contributed by atoms with Crippen LogP contribution in [0.25, 0.3) is 0 Å². The molecule has 0 heterocycles. The predicted octanol–water partition coefficient (Wildman–Crippen LogP) is 2.50. The average molecular weight is 321 g/mol. The average Bonchev–Trinajstić information content (AvgIpc) is 2.38. The van der Waals surface area contributed by atoms with Crippen molar-refractivity contribution in [3.63, 3.8) is 0 Å². The van der Waals surface area contributed by atoms with Crippen LogP contribution in [0.2, 0.25) is 0 Å². The van der Waals surface area contributed by atoms with Gasteiger partial charge in [0.1, 0.15) is 0 Å². The van der Waals surface area contributed by atoms with Crippen LogP contribution in [0.1, 0.15) is 32.3 Å². The van der Waals surface area contributed by atoms with Gasteiger partial charge in [0.25, 0.3) is 6.43 Å². The lowest BCUT2D eigenvalue weighted by atomic mass is 10.2. The van der Waals surface area contributed by atoms with Crippen LogP contribution in [0.15, 0.2) is 29.2 Å². The van der Waals surface area contributed by atoms with Crippen molar-refractivity contribution in [1.29, 1.82) is 0 Å². The molecular formula is C13H17F2NO4S. The molecule has 0 radical (unpaired) electrons. The molecule has 1 unspecified atom stereocenters. The second-order valence-corrected chi connectivity index (χ2v) is 6.42. The number of carboxylic acids is 1. The minimum Gasteiger partial charge on any atom is -0.481 e. The van der Waals surface area contributed by atoms with Gasteiger partial charge in [0.2, 0.25) is 10.0 Å². The number of nitrogens with zero attached hydrogens (tertiary/aromatic N) is 1. The van der Waals surface area contributed by atoms with Gasteiger partial charge in [-0.2, -0.15) is 4.31 Å². The number of alkyl halides is 2. The van der Waals surface area contributed by atoms with Crippen molar-refractivity contribution in [3.8, 4) is 0 Å². The van der Waals surface area contributed by atoms with Crippen LogP contribution in [0.5, 0.6) is 0 Å². The van der Waals surface area contributed by atoms with E-state index >= 15 is 0 Å². The molecule has 0 saturated heterocycles. The third kappa shape index (κ3) is 4.21. The smallest absolute Gasteiger partial charge is 0.304 e. The van der Waals surface area contributed by atoms with Gasteiger partial charge in [-0.25, -0.2) is 17.2 Å². The molecule has 1 N–H and O–H groups in total. The molecule has 8 heteroatoms. The number of carboxylic acid groups (broad SMARTS) is 1. The van der Waals surface area contributed by atoms with Gasteiger partial charge in [-0.05, 0) is 19.1 Å². The first-order valence-electron chi connectivity index (χ1n) is 6.31. The Kier molecular flexibility index (Phi) is 5.79. The maximum absolute atomic E-state index is 12.5. The summed E-state index contributed by atoms with van der Waals surface area (Å²) in [4.78, 5) is 10.6. The minimum absolute atomic E-state index is 0.0907. The molecule has 21 heavy (non-hydrogen) atoms. The zero-order valence-corrected chi connectivity index (χ0v) is 12.5. The Hall–Kier alpha value is -1.54. The SMILES string of the molecule is CCN(C(C)CC(=O)O)S(=O)(=O)c1ccc(C(F)F)cc1. The fraction of sp³-hybridized carbons (Fsp3) is 0.462. The highest BCUT2D eigenvalue weighted by atomic mass is 32.2. The second kappa shape index (κ2) is 6.95. The summed E-state index contributed by atoms with van der Waals surface area (Å²) >= 11 is 0. The molecule has 118 valence electrons. The molecule has 0 bridgehead atoms. The van der Waals surface area contributed by atoms with Crippen molar-refractivity contribution in [3.05, 3.63) is 29.8 Å². The van der Waals surface area contributed by atoms with E-state index in [0.29, 0.717) is 0 Å². The van der Waals surface area contributed by atoms with E-state index in [4.69, 9.17) is 5.11 Å².